The van der Waals surface area contributed by atoms with Crippen LogP contribution in [0.15, 0.2) is 12.4 Å². The molecule has 0 aromatic heterocycles. The van der Waals surface area contributed by atoms with E-state index in [0.29, 0.717) is 6.17 Å². The van der Waals surface area contributed by atoms with Gasteiger partial charge >= 0.3 is 0 Å². The van der Waals surface area contributed by atoms with E-state index in [0.717, 1.165) is 6.54 Å². The van der Waals surface area contributed by atoms with E-state index < -0.39 is 0 Å². The minimum atomic E-state index is 0.619. The molecule has 0 saturated heterocycles. The Kier molecular flexibility index (Phi) is 10.5. The highest BCUT2D eigenvalue weighted by molar-refractivity contribution is 4.95. The largest absolute Gasteiger partial charge is 0.356 e. The van der Waals surface area contributed by atoms with Gasteiger partial charge in [0.05, 0.1) is 0 Å². The highest BCUT2D eigenvalue weighted by Gasteiger charge is 2.22. The molecular weight excluding hydrogens is 256 g/mol. The van der Waals surface area contributed by atoms with Gasteiger partial charge in [-0.3, -0.25) is 0 Å². The third-order valence-electron chi connectivity index (χ3n) is 4.72. The summed E-state index contributed by atoms with van der Waals surface area (Å²) in [6, 6.07) is 0. The van der Waals surface area contributed by atoms with Crippen LogP contribution in [0.25, 0.3) is 0 Å². The Labute approximate surface area is 133 Å². The molecule has 21 heavy (non-hydrogen) atoms. The van der Waals surface area contributed by atoms with E-state index in [1.54, 1.807) is 0 Å². The SMILES string of the molecule is CCCCCCCCCCCCN1C=CN(CC)C1CC. The number of hydrogen-bond donors (Lipinski definition) is 0. The van der Waals surface area contributed by atoms with Crippen LogP contribution < -0.4 is 0 Å². The van der Waals surface area contributed by atoms with Crippen molar-refractivity contribution in [2.45, 2.75) is 97.6 Å². The summed E-state index contributed by atoms with van der Waals surface area (Å²) in [7, 11) is 0. The van der Waals surface area contributed by atoms with Gasteiger partial charge < -0.3 is 9.80 Å². The molecule has 124 valence electrons. The Morgan fingerprint density at radius 1 is 0.667 bits per heavy atom. The molecule has 1 aliphatic heterocycles. The topological polar surface area (TPSA) is 6.48 Å². The molecule has 0 amide bonds. The molecule has 0 aromatic rings. The van der Waals surface area contributed by atoms with Crippen LogP contribution in [0, 0.1) is 0 Å². The first-order chi connectivity index (χ1) is 10.3. The Morgan fingerprint density at radius 2 is 1.19 bits per heavy atom. The molecule has 2 heteroatoms. The zero-order valence-electron chi connectivity index (χ0n) is 14.8. The predicted octanol–water partition coefficient (Wildman–Crippen LogP) is 5.75. The van der Waals surface area contributed by atoms with Crippen molar-refractivity contribution in [3.63, 3.8) is 0 Å². The molecule has 0 spiro atoms. The summed E-state index contributed by atoms with van der Waals surface area (Å²) in [4.78, 5) is 4.99. The summed E-state index contributed by atoms with van der Waals surface area (Å²) in [5.74, 6) is 0. The summed E-state index contributed by atoms with van der Waals surface area (Å²) < 4.78 is 0. The summed E-state index contributed by atoms with van der Waals surface area (Å²) >= 11 is 0. The zero-order chi connectivity index (χ0) is 15.3. The van der Waals surface area contributed by atoms with Crippen LogP contribution in [0.2, 0.25) is 0 Å². The van der Waals surface area contributed by atoms with Crippen molar-refractivity contribution in [3.05, 3.63) is 12.4 Å². The molecule has 1 heterocycles. The molecule has 0 aliphatic carbocycles. The fourth-order valence-electron chi connectivity index (χ4n) is 3.35. The summed E-state index contributed by atoms with van der Waals surface area (Å²) in [5.41, 5.74) is 0. The molecule has 0 radical (unpaired) electrons. The predicted molar refractivity (Wildman–Crippen MR) is 94.1 cm³/mol. The van der Waals surface area contributed by atoms with Crippen LogP contribution >= 0.6 is 0 Å². The van der Waals surface area contributed by atoms with Crippen LogP contribution in [0.3, 0.4) is 0 Å². The standard InChI is InChI=1S/C19H38N2/c1-4-7-8-9-10-11-12-13-14-15-16-21-18-17-20(6-3)19(21)5-2/h17-19H,4-16H2,1-3H3. The highest BCUT2D eigenvalue weighted by atomic mass is 15.4. The normalized spacial score (nSPS) is 18.0. The van der Waals surface area contributed by atoms with Crippen LogP contribution in [0.5, 0.6) is 0 Å². The third-order valence-corrected chi connectivity index (χ3v) is 4.72. The van der Waals surface area contributed by atoms with Gasteiger partial charge in [-0.25, -0.2) is 0 Å². The van der Waals surface area contributed by atoms with Crippen molar-refractivity contribution in [2.24, 2.45) is 0 Å². The molecule has 0 fully saturated rings. The van der Waals surface area contributed by atoms with Crippen LogP contribution in [-0.4, -0.2) is 29.1 Å². The van der Waals surface area contributed by atoms with Gasteiger partial charge in [-0.2, -0.15) is 0 Å². The molecule has 0 N–H and O–H groups in total. The molecule has 1 unspecified atom stereocenters. The van der Waals surface area contributed by atoms with Gasteiger partial charge in [0.15, 0.2) is 0 Å². The van der Waals surface area contributed by atoms with E-state index in [1.807, 2.05) is 0 Å². The lowest BCUT2D eigenvalue weighted by Gasteiger charge is -2.31. The minimum absolute atomic E-state index is 0.619. The lowest BCUT2D eigenvalue weighted by molar-refractivity contribution is 0.151. The van der Waals surface area contributed by atoms with Crippen molar-refractivity contribution < 1.29 is 0 Å². The molecule has 2 nitrogen and oxygen atoms in total. The molecule has 0 bridgehead atoms. The molecule has 0 aromatic carbocycles. The lowest BCUT2D eigenvalue weighted by Crippen LogP contribution is -2.38. The van der Waals surface area contributed by atoms with E-state index >= 15 is 0 Å². The van der Waals surface area contributed by atoms with E-state index in [1.165, 1.54) is 77.2 Å². The van der Waals surface area contributed by atoms with Crippen molar-refractivity contribution >= 4 is 0 Å². The van der Waals surface area contributed by atoms with E-state index in [9.17, 15) is 0 Å². The van der Waals surface area contributed by atoms with Gasteiger partial charge in [0.25, 0.3) is 0 Å². The number of rotatable bonds is 13. The fraction of sp³-hybridized carbons (Fsp3) is 0.895. The second-order valence-corrected chi connectivity index (χ2v) is 6.44. The zero-order valence-corrected chi connectivity index (χ0v) is 14.8. The maximum absolute atomic E-state index is 2.54. The molecule has 0 saturated carbocycles. The van der Waals surface area contributed by atoms with Gasteiger partial charge in [0.2, 0.25) is 0 Å². The summed E-state index contributed by atoms with van der Waals surface area (Å²) in [5, 5.41) is 0. The molecule has 1 rings (SSSR count). The van der Waals surface area contributed by atoms with Gasteiger partial charge in [0.1, 0.15) is 6.17 Å². The first kappa shape index (κ1) is 18.4. The Hall–Kier alpha value is -0.660. The van der Waals surface area contributed by atoms with Gasteiger partial charge in [-0.1, -0.05) is 71.6 Å². The van der Waals surface area contributed by atoms with E-state index in [4.69, 9.17) is 0 Å². The van der Waals surface area contributed by atoms with Gasteiger partial charge in [-0.05, 0) is 19.8 Å². The molecule has 1 aliphatic rings. The first-order valence-corrected chi connectivity index (χ1v) is 9.53. The van der Waals surface area contributed by atoms with Crippen molar-refractivity contribution in [3.8, 4) is 0 Å². The maximum atomic E-state index is 2.54. The lowest BCUT2D eigenvalue weighted by atomic mass is 10.1. The van der Waals surface area contributed by atoms with E-state index in [-0.39, 0.29) is 0 Å². The van der Waals surface area contributed by atoms with Gasteiger partial charge in [0, 0.05) is 25.5 Å². The van der Waals surface area contributed by atoms with E-state index in [2.05, 4.69) is 43.0 Å². The summed E-state index contributed by atoms with van der Waals surface area (Å²) in [6.07, 6.45) is 20.6. The number of unbranched alkanes of at least 4 members (excludes halogenated alkanes) is 9. The molecule has 1 atom stereocenters. The fourth-order valence-corrected chi connectivity index (χ4v) is 3.35. The van der Waals surface area contributed by atoms with Crippen LogP contribution in [0.4, 0.5) is 0 Å². The Bertz CT molecular complexity index is 262. The second kappa shape index (κ2) is 11.9. The van der Waals surface area contributed by atoms with Gasteiger partial charge in [-0.15, -0.1) is 0 Å². The smallest absolute Gasteiger partial charge is 0.100 e. The van der Waals surface area contributed by atoms with Crippen LogP contribution in [0.1, 0.15) is 91.4 Å². The quantitative estimate of drug-likeness (QED) is 0.399. The highest BCUT2D eigenvalue weighted by Crippen LogP contribution is 2.19. The second-order valence-electron chi connectivity index (χ2n) is 6.44. The number of hydrogen-bond acceptors (Lipinski definition) is 2. The Balaban J connectivity index is 1.94. The maximum Gasteiger partial charge on any atom is 0.100 e. The van der Waals surface area contributed by atoms with Crippen molar-refractivity contribution in [1.82, 2.24) is 9.80 Å². The third kappa shape index (κ3) is 7.24. The first-order valence-electron chi connectivity index (χ1n) is 9.53. The van der Waals surface area contributed by atoms with Crippen molar-refractivity contribution in [2.75, 3.05) is 13.1 Å². The van der Waals surface area contributed by atoms with Crippen molar-refractivity contribution in [1.29, 1.82) is 0 Å². The van der Waals surface area contributed by atoms with Crippen LogP contribution in [-0.2, 0) is 0 Å². The average Bonchev–Trinajstić information content (AvgIpc) is 2.91. The minimum Gasteiger partial charge on any atom is -0.356 e. The molecular formula is C19H38N2. The Morgan fingerprint density at radius 3 is 1.71 bits per heavy atom. The summed E-state index contributed by atoms with van der Waals surface area (Å²) in [6.45, 7) is 9.20. The monoisotopic (exact) mass is 294 g/mol. The number of nitrogens with zero attached hydrogens (tertiary/aromatic N) is 2. The average molecular weight is 295 g/mol.